The Kier molecular flexibility index (Phi) is 5.25. The maximum absolute atomic E-state index is 13.3. The van der Waals surface area contributed by atoms with Gasteiger partial charge >= 0.3 is 0 Å². The number of hydrogen-bond acceptors (Lipinski definition) is 4. The summed E-state index contributed by atoms with van der Waals surface area (Å²) in [6, 6.07) is 6.27. The Balaban J connectivity index is 1.69. The molecular weight excluding hydrogens is 311 g/mol. The molecule has 0 bridgehead atoms. The third-order valence-corrected chi connectivity index (χ3v) is 4.13. The molecule has 2 heterocycles. The van der Waals surface area contributed by atoms with Crippen LogP contribution in [0.4, 0.5) is 4.39 Å². The first-order valence-electron chi connectivity index (χ1n) is 8.23. The second-order valence-corrected chi connectivity index (χ2v) is 5.85. The molecule has 5 nitrogen and oxygen atoms in total. The molecule has 1 aromatic carbocycles. The zero-order valence-corrected chi connectivity index (χ0v) is 13.7. The Morgan fingerprint density at radius 1 is 1.50 bits per heavy atom. The van der Waals surface area contributed by atoms with Crippen molar-refractivity contribution in [2.45, 2.75) is 32.2 Å². The highest BCUT2D eigenvalue weighted by Crippen LogP contribution is 2.32. The molecule has 1 fully saturated rings. The topological polar surface area (TPSA) is 55.6 Å². The number of carbonyl (C=O) groups is 1. The van der Waals surface area contributed by atoms with E-state index in [0.717, 1.165) is 18.4 Å². The molecule has 0 radical (unpaired) electrons. The van der Waals surface area contributed by atoms with Crippen molar-refractivity contribution < 1.29 is 18.3 Å². The first-order chi connectivity index (χ1) is 11.7. The molecule has 1 aliphatic rings. The van der Waals surface area contributed by atoms with Gasteiger partial charge < -0.3 is 14.1 Å². The van der Waals surface area contributed by atoms with E-state index in [1.54, 1.807) is 17.2 Å². The van der Waals surface area contributed by atoms with E-state index in [1.165, 1.54) is 12.1 Å². The van der Waals surface area contributed by atoms with E-state index in [4.69, 9.17) is 9.15 Å². The van der Waals surface area contributed by atoms with Crippen molar-refractivity contribution in [2.24, 2.45) is 0 Å². The third kappa shape index (κ3) is 3.82. The number of hydrogen-bond donors (Lipinski definition) is 0. The van der Waals surface area contributed by atoms with Crippen LogP contribution in [0.2, 0.25) is 0 Å². The van der Waals surface area contributed by atoms with Crippen LogP contribution in [-0.2, 0) is 16.0 Å². The number of halogens is 1. The summed E-state index contributed by atoms with van der Waals surface area (Å²) >= 11 is 0. The molecule has 0 aliphatic carbocycles. The van der Waals surface area contributed by atoms with Gasteiger partial charge in [0.15, 0.2) is 0 Å². The highest BCUT2D eigenvalue weighted by atomic mass is 19.1. The van der Waals surface area contributed by atoms with E-state index < -0.39 is 0 Å². The standard InChI is InChI=1S/C18H21FN2O3/c1-2-23-12-17(22)21-8-4-7-16(21)18-20-11-15(24-18)10-13-5-3-6-14(19)9-13/h3,5-6,9,11,16H,2,4,7-8,10,12H2,1H3/t16-/m1/s1. The van der Waals surface area contributed by atoms with Crippen LogP contribution in [0.3, 0.4) is 0 Å². The average molecular weight is 332 g/mol. The SMILES string of the molecule is CCOCC(=O)N1CCC[C@@H]1c1ncc(Cc2cccc(F)c2)o1. The number of ether oxygens (including phenoxy) is 1. The van der Waals surface area contributed by atoms with Gasteiger partial charge in [0.1, 0.15) is 24.2 Å². The fraction of sp³-hybridized carbons (Fsp3) is 0.444. The summed E-state index contributed by atoms with van der Waals surface area (Å²) in [6.45, 7) is 3.16. The van der Waals surface area contributed by atoms with Gasteiger partial charge in [-0.05, 0) is 37.5 Å². The molecule has 3 rings (SSSR count). The van der Waals surface area contributed by atoms with Crippen molar-refractivity contribution in [3.63, 3.8) is 0 Å². The molecule has 24 heavy (non-hydrogen) atoms. The highest BCUT2D eigenvalue weighted by Gasteiger charge is 2.33. The van der Waals surface area contributed by atoms with Crippen LogP contribution in [0.25, 0.3) is 0 Å². The van der Waals surface area contributed by atoms with Gasteiger partial charge in [0.25, 0.3) is 0 Å². The zero-order valence-electron chi connectivity index (χ0n) is 13.7. The van der Waals surface area contributed by atoms with Crippen LogP contribution in [0.15, 0.2) is 34.9 Å². The van der Waals surface area contributed by atoms with Crippen LogP contribution >= 0.6 is 0 Å². The van der Waals surface area contributed by atoms with Crippen molar-refractivity contribution >= 4 is 5.91 Å². The summed E-state index contributed by atoms with van der Waals surface area (Å²) in [6.07, 6.45) is 3.88. The van der Waals surface area contributed by atoms with Crippen molar-refractivity contribution in [2.75, 3.05) is 19.8 Å². The van der Waals surface area contributed by atoms with Crippen LogP contribution in [0.5, 0.6) is 0 Å². The lowest BCUT2D eigenvalue weighted by atomic mass is 10.1. The molecule has 2 aromatic rings. The van der Waals surface area contributed by atoms with Crippen LogP contribution < -0.4 is 0 Å². The van der Waals surface area contributed by atoms with Crippen LogP contribution in [0, 0.1) is 5.82 Å². The summed E-state index contributed by atoms with van der Waals surface area (Å²) in [7, 11) is 0. The van der Waals surface area contributed by atoms with E-state index in [9.17, 15) is 9.18 Å². The molecule has 0 unspecified atom stereocenters. The van der Waals surface area contributed by atoms with Gasteiger partial charge in [-0.15, -0.1) is 0 Å². The minimum atomic E-state index is -0.268. The maximum atomic E-state index is 13.3. The van der Waals surface area contributed by atoms with E-state index >= 15 is 0 Å². The van der Waals surface area contributed by atoms with E-state index in [-0.39, 0.29) is 24.4 Å². The van der Waals surface area contributed by atoms with Crippen molar-refractivity contribution in [3.8, 4) is 0 Å². The highest BCUT2D eigenvalue weighted by molar-refractivity contribution is 5.78. The monoisotopic (exact) mass is 332 g/mol. The smallest absolute Gasteiger partial charge is 0.249 e. The first-order valence-corrected chi connectivity index (χ1v) is 8.23. The Hall–Kier alpha value is -2.21. The lowest BCUT2D eigenvalue weighted by Gasteiger charge is -2.22. The predicted molar refractivity (Wildman–Crippen MR) is 85.9 cm³/mol. The number of carbonyl (C=O) groups excluding carboxylic acids is 1. The van der Waals surface area contributed by atoms with Crippen LogP contribution in [0.1, 0.15) is 43.0 Å². The number of aromatic nitrogens is 1. The van der Waals surface area contributed by atoms with E-state index in [0.29, 0.717) is 31.2 Å². The number of nitrogens with zero attached hydrogens (tertiary/aromatic N) is 2. The summed E-state index contributed by atoms with van der Waals surface area (Å²) < 4.78 is 24.3. The van der Waals surface area contributed by atoms with E-state index in [1.807, 2.05) is 13.0 Å². The molecule has 1 aliphatic heterocycles. The summed E-state index contributed by atoms with van der Waals surface area (Å²) in [5.41, 5.74) is 0.827. The van der Waals surface area contributed by atoms with Gasteiger partial charge in [-0.2, -0.15) is 0 Å². The molecule has 1 saturated heterocycles. The van der Waals surface area contributed by atoms with Crippen molar-refractivity contribution in [1.82, 2.24) is 9.88 Å². The predicted octanol–water partition coefficient (Wildman–Crippen LogP) is 3.10. The number of oxazole rings is 1. The largest absolute Gasteiger partial charge is 0.443 e. The van der Waals surface area contributed by atoms with Gasteiger partial charge in [0.2, 0.25) is 11.8 Å². The normalized spacial score (nSPS) is 17.4. The average Bonchev–Trinajstić information content (AvgIpc) is 3.21. The molecule has 6 heteroatoms. The van der Waals surface area contributed by atoms with Gasteiger partial charge in [0, 0.05) is 19.6 Å². The molecule has 0 spiro atoms. The minimum Gasteiger partial charge on any atom is -0.443 e. The van der Waals surface area contributed by atoms with Gasteiger partial charge in [0.05, 0.1) is 6.20 Å². The Morgan fingerprint density at radius 2 is 2.38 bits per heavy atom. The fourth-order valence-corrected chi connectivity index (χ4v) is 3.00. The Labute approximate surface area is 140 Å². The molecular formula is C18H21FN2O3. The Morgan fingerprint density at radius 3 is 3.17 bits per heavy atom. The molecule has 1 aromatic heterocycles. The maximum Gasteiger partial charge on any atom is 0.249 e. The molecule has 0 N–H and O–H groups in total. The second kappa shape index (κ2) is 7.57. The number of amides is 1. The van der Waals surface area contributed by atoms with Crippen LogP contribution in [-0.4, -0.2) is 35.5 Å². The van der Waals surface area contributed by atoms with Crippen molar-refractivity contribution in [1.29, 1.82) is 0 Å². The van der Waals surface area contributed by atoms with Gasteiger partial charge in [-0.25, -0.2) is 9.37 Å². The van der Waals surface area contributed by atoms with E-state index in [2.05, 4.69) is 4.98 Å². The number of rotatable bonds is 6. The quantitative estimate of drug-likeness (QED) is 0.816. The zero-order chi connectivity index (χ0) is 16.9. The van der Waals surface area contributed by atoms with Crippen molar-refractivity contribution in [3.05, 3.63) is 53.5 Å². The van der Waals surface area contributed by atoms with Gasteiger partial charge in [-0.3, -0.25) is 4.79 Å². The summed E-state index contributed by atoms with van der Waals surface area (Å²) in [4.78, 5) is 18.3. The molecule has 0 saturated carbocycles. The lowest BCUT2D eigenvalue weighted by molar-refractivity contribution is -0.137. The second-order valence-electron chi connectivity index (χ2n) is 5.85. The third-order valence-electron chi connectivity index (χ3n) is 4.13. The fourth-order valence-electron chi connectivity index (χ4n) is 3.00. The minimum absolute atomic E-state index is 0.0377. The first kappa shape index (κ1) is 16.6. The summed E-state index contributed by atoms with van der Waals surface area (Å²) in [5.74, 6) is 0.906. The molecule has 1 atom stereocenters. The molecule has 1 amide bonds. The number of benzene rings is 1. The Bertz CT molecular complexity index is 701. The van der Waals surface area contributed by atoms with Gasteiger partial charge in [-0.1, -0.05) is 12.1 Å². The number of likely N-dealkylation sites (tertiary alicyclic amines) is 1. The molecule has 128 valence electrons. The summed E-state index contributed by atoms with van der Waals surface area (Å²) in [5, 5.41) is 0. The lowest BCUT2D eigenvalue weighted by Crippen LogP contribution is -2.33.